The Balaban J connectivity index is 0.00000144. The third-order valence-electron chi connectivity index (χ3n) is 6.01. The number of halogens is 2. The highest BCUT2D eigenvalue weighted by molar-refractivity contribution is 5.25. The molecule has 0 N–H and O–H groups in total. The zero-order valence-corrected chi connectivity index (χ0v) is 19.8. The molecule has 24 heavy (non-hydrogen) atoms. The van der Waals surface area contributed by atoms with Crippen LogP contribution in [0.15, 0.2) is 24.3 Å². The fourth-order valence-electron chi connectivity index (χ4n) is 4.56. The van der Waals surface area contributed by atoms with E-state index in [-0.39, 0.29) is 48.0 Å². The van der Waals surface area contributed by atoms with Crippen LogP contribution in [0, 0.1) is 0 Å². The zero-order valence-electron chi connectivity index (χ0n) is 15.4. The Hall–Kier alpha value is 0.600. The van der Waals surface area contributed by atoms with E-state index >= 15 is 0 Å². The Kier molecular flexibility index (Phi) is 9.50. The van der Waals surface area contributed by atoms with Crippen LogP contribution in [0.25, 0.3) is 0 Å². The predicted octanol–water partition coefficient (Wildman–Crippen LogP) is -2.04. The van der Waals surface area contributed by atoms with Crippen LogP contribution < -0.4 is 48.0 Å². The number of nitrogens with zero attached hydrogens (tertiary/aromatic N) is 2. The number of rotatable bonds is 4. The molecule has 2 aliphatic heterocycles. The first-order chi connectivity index (χ1) is 10.6. The summed E-state index contributed by atoms with van der Waals surface area (Å²) in [5.41, 5.74) is 3.22. The highest BCUT2D eigenvalue weighted by Crippen LogP contribution is 2.26. The SMILES string of the molecule is C[N+]1(Cc2ccccc2C[N+]2(C)CCCCC2)CCCCC1.[I-].[I-]. The van der Waals surface area contributed by atoms with Crippen molar-refractivity contribution >= 4 is 0 Å². The smallest absolute Gasteiger partial charge is 0.105 e. The molecule has 0 unspecified atom stereocenters. The molecule has 0 bridgehead atoms. The third kappa shape index (κ3) is 6.09. The Bertz CT molecular complexity index is 447. The van der Waals surface area contributed by atoms with Crippen molar-refractivity contribution in [2.45, 2.75) is 51.6 Å². The van der Waals surface area contributed by atoms with Gasteiger partial charge < -0.3 is 56.9 Å². The van der Waals surface area contributed by atoms with Crippen molar-refractivity contribution in [2.24, 2.45) is 0 Å². The Morgan fingerprint density at radius 3 is 1.29 bits per heavy atom. The van der Waals surface area contributed by atoms with Gasteiger partial charge >= 0.3 is 0 Å². The lowest BCUT2D eigenvalue weighted by atomic mass is 10.0. The van der Waals surface area contributed by atoms with Crippen LogP contribution in [0.2, 0.25) is 0 Å². The summed E-state index contributed by atoms with van der Waals surface area (Å²) in [6, 6.07) is 9.27. The van der Waals surface area contributed by atoms with Gasteiger partial charge in [0.2, 0.25) is 0 Å². The molecule has 0 aromatic heterocycles. The minimum atomic E-state index is 0. The van der Waals surface area contributed by atoms with E-state index in [1.165, 1.54) is 86.8 Å². The van der Waals surface area contributed by atoms with Crippen LogP contribution >= 0.6 is 0 Å². The molecule has 138 valence electrons. The number of piperidine rings is 2. The third-order valence-corrected chi connectivity index (χ3v) is 6.01. The first kappa shape index (κ1) is 22.6. The molecule has 3 rings (SSSR count). The van der Waals surface area contributed by atoms with E-state index in [0.29, 0.717) is 0 Å². The maximum Gasteiger partial charge on any atom is 0.105 e. The van der Waals surface area contributed by atoms with Crippen LogP contribution in [-0.4, -0.2) is 49.2 Å². The Morgan fingerprint density at radius 1 is 0.625 bits per heavy atom. The van der Waals surface area contributed by atoms with E-state index in [1.54, 1.807) is 11.1 Å². The fourth-order valence-corrected chi connectivity index (χ4v) is 4.56. The summed E-state index contributed by atoms with van der Waals surface area (Å²) in [7, 11) is 4.93. The van der Waals surface area contributed by atoms with Crippen LogP contribution in [0.4, 0.5) is 0 Å². The molecule has 2 nitrogen and oxygen atoms in total. The van der Waals surface area contributed by atoms with Crippen LogP contribution in [0.3, 0.4) is 0 Å². The molecule has 2 fully saturated rings. The average Bonchev–Trinajstić information content (AvgIpc) is 2.50. The number of quaternary nitrogens is 2. The first-order valence-corrected chi connectivity index (χ1v) is 9.33. The van der Waals surface area contributed by atoms with Crippen LogP contribution in [-0.2, 0) is 13.1 Å². The maximum atomic E-state index is 2.47. The monoisotopic (exact) mass is 556 g/mol. The molecule has 2 aliphatic rings. The van der Waals surface area contributed by atoms with Gasteiger partial charge in [-0.15, -0.1) is 0 Å². The van der Waals surface area contributed by atoms with Crippen molar-refractivity contribution in [1.29, 1.82) is 0 Å². The van der Waals surface area contributed by atoms with Crippen molar-refractivity contribution in [2.75, 3.05) is 40.3 Å². The second-order valence-corrected chi connectivity index (χ2v) is 8.34. The Labute approximate surface area is 183 Å². The number of likely N-dealkylation sites (tertiary alicyclic amines) is 2. The van der Waals surface area contributed by atoms with Gasteiger partial charge in [-0.05, 0) is 38.5 Å². The van der Waals surface area contributed by atoms with Gasteiger partial charge in [0.05, 0.1) is 40.3 Å². The number of hydrogen-bond acceptors (Lipinski definition) is 0. The molecule has 2 heterocycles. The summed E-state index contributed by atoms with van der Waals surface area (Å²) in [5.74, 6) is 0. The van der Waals surface area contributed by atoms with Gasteiger partial charge in [-0.2, -0.15) is 0 Å². The maximum absolute atomic E-state index is 2.47. The number of hydrogen-bond donors (Lipinski definition) is 0. The lowest BCUT2D eigenvalue weighted by molar-refractivity contribution is -0.930. The summed E-state index contributed by atoms with van der Waals surface area (Å²) >= 11 is 0. The second kappa shape index (κ2) is 10.1. The van der Waals surface area contributed by atoms with Gasteiger partial charge in [-0.3, -0.25) is 0 Å². The second-order valence-electron chi connectivity index (χ2n) is 8.34. The first-order valence-electron chi connectivity index (χ1n) is 9.33. The normalized spacial score (nSPS) is 22.1. The summed E-state index contributed by atoms with van der Waals surface area (Å²) in [6.45, 7) is 7.91. The van der Waals surface area contributed by atoms with Gasteiger partial charge in [0.25, 0.3) is 0 Å². The number of benzene rings is 1. The average molecular weight is 556 g/mol. The largest absolute Gasteiger partial charge is 1.00 e. The van der Waals surface area contributed by atoms with Gasteiger partial charge in [0, 0.05) is 11.1 Å². The molecular formula is C20H34I2N2. The van der Waals surface area contributed by atoms with E-state index in [9.17, 15) is 0 Å². The zero-order chi connectivity index (χ0) is 15.5. The van der Waals surface area contributed by atoms with E-state index in [2.05, 4.69) is 38.4 Å². The minimum absolute atomic E-state index is 0. The fraction of sp³-hybridized carbons (Fsp3) is 0.700. The minimum Gasteiger partial charge on any atom is -1.00 e. The van der Waals surface area contributed by atoms with Crippen LogP contribution in [0.5, 0.6) is 0 Å². The topological polar surface area (TPSA) is 0 Å². The summed E-state index contributed by atoms with van der Waals surface area (Å²) < 4.78 is 2.50. The molecule has 1 aromatic rings. The molecule has 0 aliphatic carbocycles. The lowest BCUT2D eigenvalue weighted by Gasteiger charge is -2.40. The molecule has 1 aromatic carbocycles. The summed E-state index contributed by atoms with van der Waals surface area (Å²) in [5, 5.41) is 0. The van der Waals surface area contributed by atoms with Gasteiger partial charge in [-0.25, -0.2) is 0 Å². The van der Waals surface area contributed by atoms with E-state index < -0.39 is 0 Å². The standard InChI is InChI=1S/C20H34N2.2HI/c1-21(13-7-3-8-14-21)17-19-11-5-6-12-20(19)18-22(2)15-9-4-10-16-22;;/h5-6,11-12H,3-4,7-10,13-18H2,1-2H3;2*1H/q+2;;/p-2. The van der Waals surface area contributed by atoms with E-state index in [4.69, 9.17) is 0 Å². The molecule has 4 heteroatoms. The molecule has 0 amide bonds. The molecule has 2 saturated heterocycles. The van der Waals surface area contributed by atoms with Gasteiger partial charge in [0.15, 0.2) is 0 Å². The van der Waals surface area contributed by atoms with Crippen LogP contribution in [0.1, 0.15) is 49.7 Å². The van der Waals surface area contributed by atoms with Crippen molar-refractivity contribution in [3.8, 4) is 0 Å². The van der Waals surface area contributed by atoms with E-state index in [1.807, 2.05) is 0 Å². The van der Waals surface area contributed by atoms with Crippen molar-refractivity contribution in [1.82, 2.24) is 0 Å². The molecule has 0 spiro atoms. The molecule has 0 saturated carbocycles. The van der Waals surface area contributed by atoms with Crippen molar-refractivity contribution in [3.05, 3.63) is 35.4 Å². The molecular weight excluding hydrogens is 522 g/mol. The van der Waals surface area contributed by atoms with E-state index in [0.717, 1.165) is 0 Å². The Morgan fingerprint density at radius 2 is 0.958 bits per heavy atom. The van der Waals surface area contributed by atoms with Crippen molar-refractivity contribution in [3.63, 3.8) is 0 Å². The highest BCUT2D eigenvalue weighted by Gasteiger charge is 2.29. The summed E-state index contributed by atoms with van der Waals surface area (Å²) in [4.78, 5) is 0. The molecule has 0 atom stereocenters. The quantitative estimate of drug-likeness (QED) is 0.297. The summed E-state index contributed by atoms with van der Waals surface area (Å²) in [6.07, 6.45) is 8.51. The molecule has 0 radical (unpaired) electrons. The lowest BCUT2D eigenvalue weighted by Crippen LogP contribution is -3.00. The van der Waals surface area contributed by atoms with Gasteiger partial charge in [0.1, 0.15) is 13.1 Å². The highest BCUT2D eigenvalue weighted by atomic mass is 127. The van der Waals surface area contributed by atoms with Gasteiger partial charge in [-0.1, -0.05) is 24.3 Å². The van der Waals surface area contributed by atoms with Crippen molar-refractivity contribution < 1.29 is 56.9 Å². The predicted molar refractivity (Wildman–Crippen MR) is 93.4 cm³/mol.